The summed E-state index contributed by atoms with van der Waals surface area (Å²) < 4.78 is 50.0. The molecule has 0 aliphatic rings. The number of amides is 1. The van der Waals surface area contributed by atoms with Crippen molar-refractivity contribution in [1.29, 1.82) is 0 Å². The van der Waals surface area contributed by atoms with Crippen molar-refractivity contribution >= 4 is 5.91 Å². The second-order valence-corrected chi connectivity index (χ2v) is 3.48. The van der Waals surface area contributed by atoms with Crippen LogP contribution in [0.1, 0.15) is 11.1 Å². The topological polar surface area (TPSA) is 55.1 Å². The molecule has 102 valence electrons. The van der Waals surface area contributed by atoms with E-state index in [9.17, 15) is 22.4 Å². The van der Waals surface area contributed by atoms with Crippen LogP contribution in [0, 0.1) is 17.7 Å². The van der Waals surface area contributed by atoms with Crippen LogP contribution in [-0.2, 0) is 11.0 Å². The van der Waals surface area contributed by atoms with Crippen LogP contribution in [0.25, 0.3) is 0 Å². The molecular weight excluding hydrogens is 264 g/mol. The first-order valence-electron chi connectivity index (χ1n) is 5.17. The van der Waals surface area contributed by atoms with Crippen molar-refractivity contribution < 1.29 is 22.4 Å². The van der Waals surface area contributed by atoms with E-state index in [1.54, 1.807) is 0 Å². The molecule has 0 aliphatic heterocycles. The van der Waals surface area contributed by atoms with Gasteiger partial charge in [0.1, 0.15) is 5.82 Å². The highest BCUT2D eigenvalue weighted by molar-refractivity contribution is 5.77. The van der Waals surface area contributed by atoms with E-state index >= 15 is 0 Å². The van der Waals surface area contributed by atoms with Gasteiger partial charge >= 0.3 is 6.18 Å². The lowest BCUT2D eigenvalue weighted by atomic mass is 10.1. The van der Waals surface area contributed by atoms with E-state index in [2.05, 4.69) is 17.2 Å². The smallest absolute Gasteiger partial charge is 0.344 e. The zero-order chi connectivity index (χ0) is 14.5. The molecule has 3 nitrogen and oxygen atoms in total. The monoisotopic (exact) mass is 274 g/mol. The Labute approximate surface area is 106 Å². The Balaban J connectivity index is 2.75. The summed E-state index contributed by atoms with van der Waals surface area (Å²) in [6.07, 6.45) is -4.73. The highest BCUT2D eigenvalue weighted by Crippen LogP contribution is 2.31. The minimum Gasteiger partial charge on any atom is -0.344 e. The molecule has 3 N–H and O–H groups in total. The summed E-state index contributed by atoms with van der Waals surface area (Å²) >= 11 is 0. The first-order valence-corrected chi connectivity index (χ1v) is 5.17. The molecule has 0 saturated carbocycles. The van der Waals surface area contributed by atoms with Crippen molar-refractivity contribution in [3.8, 4) is 11.8 Å². The molecule has 0 radical (unpaired) electrons. The summed E-state index contributed by atoms with van der Waals surface area (Å²) in [6.45, 7) is -0.199. The quantitative estimate of drug-likeness (QED) is 0.630. The fourth-order valence-corrected chi connectivity index (χ4v) is 1.18. The Bertz CT molecular complexity index is 529. The summed E-state index contributed by atoms with van der Waals surface area (Å²) in [4.78, 5) is 10.7. The van der Waals surface area contributed by atoms with Gasteiger partial charge in [-0.25, -0.2) is 4.39 Å². The number of benzene rings is 1. The Kier molecular flexibility index (Phi) is 4.89. The minimum absolute atomic E-state index is 0.0152. The second kappa shape index (κ2) is 6.20. The van der Waals surface area contributed by atoms with Gasteiger partial charge in [-0.05, 0) is 18.2 Å². The molecule has 19 heavy (non-hydrogen) atoms. The summed E-state index contributed by atoms with van der Waals surface area (Å²) in [5.41, 5.74) is 3.78. The molecular formula is C12H10F4N2O. The van der Waals surface area contributed by atoms with E-state index in [4.69, 9.17) is 5.73 Å². The van der Waals surface area contributed by atoms with Gasteiger partial charge < -0.3 is 11.1 Å². The van der Waals surface area contributed by atoms with Crippen LogP contribution in [0.5, 0.6) is 0 Å². The largest absolute Gasteiger partial charge is 0.419 e. The minimum atomic E-state index is -4.73. The second-order valence-electron chi connectivity index (χ2n) is 3.48. The molecule has 1 rings (SSSR count). The van der Waals surface area contributed by atoms with Gasteiger partial charge in [0.05, 0.1) is 18.7 Å². The average molecular weight is 274 g/mol. The SMILES string of the molecule is NCC(=O)NCC#Cc1ccc(C(F)(F)F)c(F)c1. The number of nitrogens with two attached hydrogens (primary N) is 1. The maximum atomic E-state index is 13.2. The first kappa shape index (κ1) is 15.0. The maximum Gasteiger partial charge on any atom is 0.419 e. The Morgan fingerprint density at radius 1 is 1.37 bits per heavy atom. The lowest BCUT2D eigenvalue weighted by Crippen LogP contribution is -2.30. The van der Waals surface area contributed by atoms with E-state index < -0.39 is 23.5 Å². The number of carbonyl (C=O) groups is 1. The van der Waals surface area contributed by atoms with Crippen LogP contribution in [0.2, 0.25) is 0 Å². The molecule has 0 bridgehead atoms. The number of rotatable bonds is 2. The van der Waals surface area contributed by atoms with Gasteiger partial charge in [-0.2, -0.15) is 13.2 Å². The van der Waals surface area contributed by atoms with Gasteiger partial charge in [0.2, 0.25) is 5.91 Å². The van der Waals surface area contributed by atoms with Gasteiger partial charge in [-0.1, -0.05) is 11.8 Å². The molecule has 0 unspecified atom stereocenters. The third-order valence-electron chi connectivity index (χ3n) is 2.07. The van der Waals surface area contributed by atoms with Crippen LogP contribution in [0.15, 0.2) is 18.2 Å². The molecule has 0 heterocycles. The predicted molar refractivity (Wildman–Crippen MR) is 60.3 cm³/mol. The van der Waals surface area contributed by atoms with Gasteiger partial charge in [0.25, 0.3) is 0 Å². The Hall–Kier alpha value is -2.07. The van der Waals surface area contributed by atoms with Gasteiger partial charge in [0.15, 0.2) is 0 Å². The lowest BCUT2D eigenvalue weighted by Gasteiger charge is -2.07. The molecule has 1 aromatic carbocycles. The normalized spacial score (nSPS) is 10.6. The third kappa shape index (κ3) is 4.60. The fourth-order valence-electron chi connectivity index (χ4n) is 1.18. The molecule has 7 heteroatoms. The summed E-state index contributed by atoms with van der Waals surface area (Å²) in [5, 5.41) is 2.34. The first-order chi connectivity index (χ1) is 8.84. The maximum absolute atomic E-state index is 13.2. The molecule has 0 aromatic heterocycles. The van der Waals surface area contributed by atoms with E-state index in [1.165, 1.54) is 0 Å². The number of hydrogen-bond acceptors (Lipinski definition) is 2. The highest BCUT2D eigenvalue weighted by atomic mass is 19.4. The van der Waals surface area contributed by atoms with Crippen molar-refractivity contribution in [1.82, 2.24) is 5.32 Å². The van der Waals surface area contributed by atoms with Gasteiger partial charge in [0, 0.05) is 5.56 Å². The number of alkyl halides is 3. The number of hydrogen-bond donors (Lipinski definition) is 2. The van der Waals surface area contributed by atoms with E-state index in [0.29, 0.717) is 12.1 Å². The number of halogens is 4. The Morgan fingerprint density at radius 3 is 2.58 bits per heavy atom. The van der Waals surface area contributed by atoms with E-state index in [0.717, 1.165) is 6.07 Å². The van der Waals surface area contributed by atoms with Crippen molar-refractivity contribution in [2.45, 2.75) is 6.18 Å². The summed E-state index contributed by atoms with van der Waals surface area (Å²) in [6, 6.07) is 2.38. The van der Waals surface area contributed by atoms with Gasteiger partial charge in [-0.3, -0.25) is 4.79 Å². The molecule has 0 spiro atoms. The molecule has 0 aliphatic carbocycles. The molecule has 0 saturated heterocycles. The average Bonchev–Trinajstić information content (AvgIpc) is 2.32. The van der Waals surface area contributed by atoms with Crippen molar-refractivity contribution in [2.75, 3.05) is 13.1 Å². The Morgan fingerprint density at radius 2 is 2.05 bits per heavy atom. The molecule has 1 aromatic rings. The fraction of sp³-hybridized carbons (Fsp3) is 0.250. The number of nitrogens with one attached hydrogen (secondary N) is 1. The zero-order valence-corrected chi connectivity index (χ0v) is 9.64. The molecule has 1 amide bonds. The summed E-state index contributed by atoms with van der Waals surface area (Å²) in [5.74, 6) is 3.10. The van der Waals surface area contributed by atoms with E-state index in [1.807, 2.05) is 0 Å². The van der Waals surface area contributed by atoms with Crippen molar-refractivity contribution in [2.24, 2.45) is 5.73 Å². The predicted octanol–water partition coefficient (Wildman–Crippen LogP) is 1.27. The standard InChI is InChI=1S/C12H10F4N2O/c13-10-6-8(2-1-5-18-11(19)7-17)3-4-9(10)12(14,15)16/h3-4,6H,5,7,17H2,(H,18,19). The van der Waals surface area contributed by atoms with Crippen LogP contribution >= 0.6 is 0 Å². The van der Waals surface area contributed by atoms with Crippen molar-refractivity contribution in [3.05, 3.63) is 35.1 Å². The molecule has 0 fully saturated rings. The molecule has 0 atom stereocenters. The van der Waals surface area contributed by atoms with Gasteiger partial charge in [-0.15, -0.1) is 0 Å². The van der Waals surface area contributed by atoms with Crippen LogP contribution in [0.4, 0.5) is 17.6 Å². The van der Waals surface area contributed by atoms with Crippen LogP contribution in [0.3, 0.4) is 0 Å². The number of carbonyl (C=O) groups excluding carboxylic acids is 1. The summed E-state index contributed by atoms with van der Waals surface area (Å²) in [7, 11) is 0. The highest BCUT2D eigenvalue weighted by Gasteiger charge is 2.33. The van der Waals surface area contributed by atoms with E-state index in [-0.39, 0.29) is 18.7 Å². The third-order valence-corrected chi connectivity index (χ3v) is 2.07. The van der Waals surface area contributed by atoms with Crippen LogP contribution < -0.4 is 11.1 Å². The lowest BCUT2D eigenvalue weighted by molar-refractivity contribution is -0.140. The zero-order valence-electron chi connectivity index (χ0n) is 9.64. The van der Waals surface area contributed by atoms with Crippen LogP contribution in [-0.4, -0.2) is 19.0 Å². The van der Waals surface area contributed by atoms with Crippen molar-refractivity contribution in [3.63, 3.8) is 0 Å².